The van der Waals surface area contributed by atoms with Gasteiger partial charge in [0.05, 0.1) is 12.1 Å². The van der Waals surface area contributed by atoms with Gasteiger partial charge in [-0.05, 0) is 40.2 Å². The van der Waals surface area contributed by atoms with Crippen molar-refractivity contribution in [1.29, 1.82) is 0 Å². The quantitative estimate of drug-likeness (QED) is 0.721. The summed E-state index contributed by atoms with van der Waals surface area (Å²) < 4.78 is 16.0. The summed E-state index contributed by atoms with van der Waals surface area (Å²) in [5, 5.41) is 0.727. The lowest BCUT2D eigenvalue weighted by atomic mass is 10.1. The van der Waals surface area contributed by atoms with Crippen LogP contribution in [0.4, 0.5) is 4.39 Å². The van der Waals surface area contributed by atoms with Gasteiger partial charge < -0.3 is 4.57 Å². The Labute approximate surface area is 122 Å². The van der Waals surface area contributed by atoms with Gasteiger partial charge in [0.15, 0.2) is 0 Å². The number of hydrogen-bond acceptors (Lipinski definition) is 2. The Bertz CT molecular complexity index is 845. The molecule has 3 nitrogen and oxygen atoms in total. The molecule has 2 aromatic heterocycles. The molecule has 0 fully saturated rings. The molecule has 0 aliphatic carbocycles. The molecule has 20 heavy (non-hydrogen) atoms. The van der Waals surface area contributed by atoms with E-state index in [1.807, 2.05) is 0 Å². The molecule has 100 valence electrons. The van der Waals surface area contributed by atoms with Gasteiger partial charge >= 0.3 is 0 Å². The van der Waals surface area contributed by atoms with E-state index in [-0.39, 0.29) is 17.9 Å². The summed E-state index contributed by atoms with van der Waals surface area (Å²) in [6.45, 7) is 0.281. The van der Waals surface area contributed by atoms with Crippen LogP contribution in [0.2, 0.25) is 0 Å². The summed E-state index contributed by atoms with van der Waals surface area (Å²) >= 11 is 3.32. The first-order valence-electron chi connectivity index (χ1n) is 6.02. The molecule has 0 aliphatic rings. The van der Waals surface area contributed by atoms with Gasteiger partial charge in [-0.25, -0.2) is 4.39 Å². The van der Waals surface area contributed by atoms with Crippen molar-refractivity contribution in [3.63, 3.8) is 0 Å². The molecule has 0 saturated heterocycles. The number of fused-ring (bicyclic) bond motifs is 1. The van der Waals surface area contributed by atoms with E-state index in [4.69, 9.17) is 0 Å². The zero-order chi connectivity index (χ0) is 14.1. The van der Waals surface area contributed by atoms with Crippen LogP contribution in [0.15, 0.2) is 58.1 Å². The summed E-state index contributed by atoms with van der Waals surface area (Å²) in [5.74, 6) is -0.330. The van der Waals surface area contributed by atoms with Crippen molar-refractivity contribution in [3.8, 4) is 0 Å². The summed E-state index contributed by atoms with van der Waals surface area (Å²) in [5.41, 5.74) is 1.25. The molecule has 2 heterocycles. The highest BCUT2D eigenvalue weighted by Gasteiger charge is 2.07. The second-order valence-electron chi connectivity index (χ2n) is 4.45. The molecular formula is C15H10BrFN2O. The smallest absolute Gasteiger partial charge is 0.250 e. The van der Waals surface area contributed by atoms with E-state index < -0.39 is 0 Å². The number of pyridine rings is 2. The Morgan fingerprint density at radius 3 is 2.95 bits per heavy atom. The Balaban J connectivity index is 2.15. The van der Waals surface area contributed by atoms with E-state index in [0.717, 1.165) is 9.86 Å². The van der Waals surface area contributed by atoms with Crippen LogP contribution in [0.5, 0.6) is 0 Å². The fraction of sp³-hybridized carbons (Fsp3) is 0.0667. The van der Waals surface area contributed by atoms with Crippen molar-refractivity contribution < 1.29 is 4.39 Å². The van der Waals surface area contributed by atoms with Crippen molar-refractivity contribution in [2.45, 2.75) is 6.54 Å². The van der Waals surface area contributed by atoms with Crippen LogP contribution in [-0.2, 0) is 6.54 Å². The summed E-state index contributed by atoms with van der Waals surface area (Å²) in [6.07, 6.45) is 3.34. The highest BCUT2D eigenvalue weighted by molar-refractivity contribution is 9.10. The van der Waals surface area contributed by atoms with Crippen LogP contribution in [0.3, 0.4) is 0 Å². The topological polar surface area (TPSA) is 34.9 Å². The number of hydrogen-bond donors (Lipinski definition) is 0. The highest BCUT2D eigenvalue weighted by atomic mass is 79.9. The molecule has 0 N–H and O–H groups in total. The van der Waals surface area contributed by atoms with E-state index in [9.17, 15) is 9.18 Å². The molecule has 0 saturated carbocycles. The van der Waals surface area contributed by atoms with Crippen molar-refractivity contribution >= 4 is 26.8 Å². The first kappa shape index (κ1) is 13.0. The van der Waals surface area contributed by atoms with Gasteiger partial charge in [0.1, 0.15) is 5.82 Å². The average molecular weight is 333 g/mol. The van der Waals surface area contributed by atoms with E-state index >= 15 is 0 Å². The first-order valence-corrected chi connectivity index (χ1v) is 6.82. The van der Waals surface area contributed by atoms with Crippen LogP contribution in [0, 0.1) is 5.82 Å². The molecule has 0 spiro atoms. The maximum absolute atomic E-state index is 13.7. The molecule has 0 atom stereocenters. The van der Waals surface area contributed by atoms with E-state index in [0.29, 0.717) is 11.1 Å². The third-order valence-electron chi connectivity index (χ3n) is 3.04. The van der Waals surface area contributed by atoms with Gasteiger partial charge in [0, 0.05) is 33.9 Å². The molecule has 3 rings (SSSR count). The maximum atomic E-state index is 13.7. The predicted molar refractivity (Wildman–Crippen MR) is 79.2 cm³/mol. The number of benzene rings is 1. The summed E-state index contributed by atoms with van der Waals surface area (Å²) in [4.78, 5) is 16.1. The second-order valence-corrected chi connectivity index (χ2v) is 5.37. The first-order chi connectivity index (χ1) is 9.63. The molecular weight excluding hydrogens is 323 g/mol. The average Bonchev–Trinajstić information content (AvgIpc) is 2.43. The molecule has 1 aromatic carbocycles. The Morgan fingerprint density at radius 2 is 2.10 bits per heavy atom. The van der Waals surface area contributed by atoms with Gasteiger partial charge in [-0.3, -0.25) is 9.78 Å². The van der Waals surface area contributed by atoms with Crippen molar-refractivity contribution in [3.05, 3.63) is 75.0 Å². The number of nitrogens with zero attached hydrogens (tertiary/aromatic N) is 2. The maximum Gasteiger partial charge on any atom is 0.250 e. The van der Waals surface area contributed by atoms with Gasteiger partial charge in [0.25, 0.3) is 5.56 Å². The van der Waals surface area contributed by atoms with Crippen LogP contribution in [0.25, 0.3) is 10.9 Å². The molecule has 3 aromatic rings. The second kappa shape index (κ2) is 5.17. The Hall–Kier alpha value is -2.01. The lowest BCUT2D eigenvalue weighted by Crippen LogP contribution is -2.19. The van der Waals surface area contributed by atoms with Crippen molar-refractivity contribution in [2.75, 3.05) is 0 Å². The van der Waals surface area contributed by atoms with Crippen LogP contribution in [0.1, 0.15) is 5.56 Å². The van der Waals surface area contributed by atoms with Crippen molar-refractivity contribution in [2.24, 2.45) is 0 Å². The fourth-order valence-electron chi connectivity index (χ4n) is 2.16. The minimum Gasteiger partial charge on any atom is -0.310 e. The fourth-order valence-corrected chi connectivity index (χ4v) is 2.54. The van der Waals surface area contributed by atoms with Gasteiger partial charge in [-0.1, -0.05) is 6.07 Å². The third kappa shape index (κ3) is 2.49. The minimum atomic E-state index is -0.330. The van der Waals surface area contributed by atoms with E-state index in [2.05, 4.69) is 20.9 Å². The minimum absolute atomic E-state index is 0.137. The van der Waals surface area contributed by atoms with Gasteiger partial charge in [-0.2, -0.15) is 0 Å². The predicted octanol–water partition coefficient (Wildman–Crippen LogP) is 3.35. The monoisotopic (exact) mass is 332 g/mol. The lowest BCUT2D eigenvalue weighted by molar-refractivity contribution is 0.625. The zero-order valence-corrected chi connectivity index (χ0v) is 12.0. The van der Waals surface area contributed by atoms with Crippen LogP contribution in [-0.4, -0.2) is 9.55 Å². The van der Waals surface area contributed by atoms with Crippen molar-refractivity contribution in [1.82, 2.24) is 9.55 Å². The molecule has 0 unspecified atom stereocenters. The SMILES string of the molecule is O=c1ccc(Br)cn1Cc1cc(F)cc2cccnc12. The number of halogens is 2. The zero-order valence-electron chi connectivity index (χ0n) is 10.4. The largest absolute Gasteiger partial charge is 0.310 e. The number of aromatic nitrogens is 2. The standard InChI is InChI=1S/C15H10BrFN2O/c16-12-3-4-14(20)19(9-12)8-11-7-13(17)6-10-2-1-5-18-15(10)11/h1-7,9H,8H2. The summed E-state index contributed by atoms with van der Waals surface area (Å²) in [6, 6.07) is 9.58. The van der Waals surface area contributed by atoms with Gasteiger partial charge in [0.2, 0.25) is 0 Å². The normalized spacial score (nSPS) is 10.9. The van der Waals surface area contributed by atoms with E-state index in [1.54, 1.807) is 30.6 Å². The Morgan fingerprint density at radius 1 is 1.25 bits per heavy atom. The van der Waals surface area contributed by atoms with Crippen LogP contribution < -0.4 is 5.56 Å². The van der Waals surface area contributed by atoms with Gasteiger partial charge in [-0.15, -0.1) is 0 Å². The third-order valence-corrected chi connectivity index (χ3v) is 3.51. The van der Waals surface area contributed by atoms with E-state index in [1.165, 1.54) is 22.8 Å². The Kier molecular flexibility index (Phi) is 3.36. The molecule has 0 radical (unpaired) electrons. The lowest BCUT2D eigenvalue weighted by Gasteiger charge is -2.09. The molecule has 5 heteroatoms. The summed E-state index contributed by atoms with van der Waals surface area (Å²) in [7, 11) is 0. The number of rotatable bonds is 2. The highest BCUT2D eigenvalue weighted by Crippen LogP contribution is 2.19. The molecule has 0 bridgehead atoms. The molecule has 0 aliphatic heterocycles. The van der Waals surface area contributed by atoms with Crippen LogP contribution >= 0.6 is 15.9 Å². The molecule has 0 amide bonds.